The summed E-state index contributed by atoms with van der Waals surface area (Å²) in [5.41, 5.74) is 0.569. The van der Waals surface area contributed by atoms with Crippen molar-refractivity contribution in [2.75, 3.05) is 33.3 Å². The first-order valence-corrected chi connectivity index (χ1v) is 10.4. The Hall–Kier alpha value is -4.05. The van der Waals surface area contributed by atoms with Gasteiger partial charge in [-0.25, -0.2) is 4.79 Å². The van der Waals surface area contributed by atoms with Crippen LogP contribution in [0.1, 0.15) is 27.6 Å². The van der Waals surface area contributed by atoms with Crippen LogP contribution in [-0.2, 0) is 16.5 Å². The molecular weight excluding hydrogens is 442 g/mol. The van der Waals surface area contributed by atoms with Crippen molar-refractivity contribution >= 4 is 17.7 Å². The van der Waals surface area contributed by atoms with Gasteiger partial charge in [0.2, 0.25) is 0 Å². The summed E-state index contributed by atoms with van der Waals surface area (Å²) in [7, 11) is 6.07. The van der Waals surface area contributed by atoms with Crippen LogP contribution in [0.4, 0.5) is 5.82 Å². The van der Waals surface area contributed by atoms with Gasteiger partial charge in [-0.15, -0.1) is 0 Å². The lowest BCUT2D eigenvalue weighted by Gasteiger charge is -2.16. The molecule has 2 aromatic carbocycles. The fraction of sp³-hybridized carbons (Fsp3) is 0.292. The monoisotopic (exact) mass is 469 g/mol. The number of hydrogen-bond donors (Lipinski definition) is 1. The molecule has 0 saturated carbocycles. The number of hydrogen-bond acceptors (Lipinski definition) is 8. The topological polar surface area (TPSA) is 110 Å². The average molecular weight is 469 g/mol. The van der Waals surface area contributed by atoms with Gasteiger partial charge in [-0.2, -0.15) is 5.10 Å². The van der Waals surface area contributed by atoms with Crippen molar-refractivity contribution in [3.63, 3.8) is 0 Å². The van der Waals surface area contributed by atoms with E-state index in [0.717, 1.165) is 0 Å². The Bertz CT molecular complexity index is 1160. The van der Waals surface area contributed by atoms with Gasteiger partial charge in [-0.1, -0.05) is 0 Å². The SMILES string of the molecule is COCC(C)Oc1cc(Oc2ccc(C(=O)OC)c(OC)c2)cc(C(=O)Nc2ccn(C)n2)c1. The third-order valence-electron chi connectivity index (χ3n) is 4.65. The molecule has 0 saturated heterocycles. The van der Waals surface area contributed by atoms with Crippen LogP contribution in [0.5, 0.6) is 23.0 Å². The number of esters is 1. The van der Waals surface area contributed by atoms with Crippen LogP contribution < -0.4 is 19.5 Å². The molecule has 3 rings (SSSR count). The van der Waals surface area contributed by atoms with Crippen molar-refractivity contribution in [3.05, 3.63) is 59.8 Å². The van der Waals surface area contributed by atoms with E-state index >= 15 is 0 Å². The number of aryl methyl sites for hydroxylation is 1. The van der Waals surface area contributed by atoms with E-state index in [9.17, 15) is 9.59 Å². The summed E-state index contributed by atoms with van der Waals surface area (Å²) in [5, 5.41) is 6.91. The fourth-order valence-electron chi connectivity index (χ4n) is 3.15. The molecule has 1 unspecified atom stereocenters. The zero-order chi connectivity index (χ0) is 24.7. The Morgan fingerprint density at radius 2 is 1.79 bits per heavy atom. The van der Waals surface area contributed by atoms with Gasteiger partial charge >= 0.3 is 5.97 Å². The Morgan fingerprint density at radius 3 is 2.44 bits per heavy atom. The van der Waals surface area contributed by atoms with Gasteiger partial charge in [-0.05, 0) is 31.2 Å². The lowest BCUT2D eigenvalue weighted by atomic mass is 10.1. The van der Waals surface area contributed by atoms with E-state index in [1.807, 2.05) is 6.92 Å². The molecule has 1 N–H and O–H groups in total. The highest BCUT2D eigenvalue weighted by atomic mass is 16.5. The Labute approximate surface area is 197 Å². The molecule has 1 atom stereocenters. The number of ether oxygens (including phenoxy) is 5. The number of carbonyl (C=O) groups is 2. The first-order valence-electron chi connectivity index (χ1n) is 10.4. The summed E-state index contributed by atoms with van der Waals surface area (Å²) in [4.78, 5) is 24.8. The van der Waals surface area contributed by atoms with E-state index in [-0.39, 0.29) is 17.6 Å². The molecule has 10 heteroatoms. The van der Waals surface area contributed by atoms with Gasteiger partial charge in [0.25, 0.3) is 5.91 Å². The number of rotatable bonds is 10. The molecule has 0 spiro atoms. The summed E-state index contributed by atoms with van der Waals surface area (Å²) < 4.78 is 28.6. The molecule has 0 aliphatic heterocycles. The number of anilines is 1. The predicted octanol–water partition coefficient (Wildman–Crippen LogP) is 3.67. The maximum Gasteiger partial charge on any atom is 0.341 e. The number of nitrogens with zero attached hydrogens (tertiary/aromatic N) is 2. The van der Waals surface area contributed by atoms with Gasteiger partial charge in [0.05, 0.1) is 20.8 Å². The second-order valence-electron chi connectivity index (χ2n) is 7.36. The minimum atomic E-state index is -0.528. The molecule has 1 amide bonds. The lowest BCUT2D eigenvalue weighted by Crippen LogP contribution is -2.18. The van der Waals surface area contributed by atoms with Crippen molar-refractivity contribution in [1.29, 1.82) is 0 Å². The zero-order valence-corrected chi connectivity index (χ0v) is 19.7. The number of benzene rings is 2. The second-order valence-corrected chi connectivity index (χ2v) is 7.36. The van der Waals surface area contributed by atoms with Crippen molar-refractivity contribution in [2.24, 2.45) is 7.05 Å². The van der Waals surface area contributed by atoms with E-state index in [2.05, 4.69) is 10.4 Å². The van der Waals surface area contributed by atoms with Crippen molar-refractivity contribution < 1.29 is 33.3 Å². The maximum absolute atomic E-state index is 12.9. The van der Waals surface area contributed by atoms with Crippen molar-refractivity contribution in [2.45, 2.75) is 13.0 Å². The summed E-state index contributed by atoms with van der Waals surface area (Å²) in [6.07, 6.45) is 1.47. The van der Waals surface area contributed by atoms with E-state index in [4.69, 9.17) is 23.7 Å². The summed E-state index contributed by atoms with van der Waals surface area (Å²) in [6.45, 7) is 2.22. The number of carbonyl (C=O) groups excluding carboxylic acids is 2. The standard InChI is InChI=1S/C24H27N3O7/c1-15(14-30-3)33-18-10-16(23(28)25-22-8-9-27(2)26-22)11-19(12-18)34-17-6-7-20(24(29)32-5)21(13-17)31-4/h6-13,15H,14H2,1-5H3,(H,25,26,28). The van der Waals surface area contributed by atoms with E-state index in [0.29, 0.717) is 41.0 Å². The van der Waals surface area contributed by atoms with Crippen molar-refractivity contribution in [3.8, 4) is 23.0 Å². The van der Waals surface area contributed by atoms with Gasteiger partial charge in [0, 0.05) is 44.1 Å². The lowest BCUT2D eigenvalue weighted by molar-refractivity contribution is 0.0597. The molecule has 0 bridgehead atoms. The van der Waals surface area contributed by atoms with Gasteiger partial charge in [0.1, 0.15) is 34.7 Å². The summed E-state index contributed by atoms with van der Waals surface area (Å²) in [6, 6.07) is 11.2. The minimum Gasteiger partial charge on any atom is -0.496 e. The largest absolute Gasteiger partial charge is 0.496 e. The molecule has 0 radical (unpaired) electrons. The van der Waals surface area contributed by atoms with Crippen LogP contribution >= 0.6 is 0 Å². The molecule has 0 aliphatic carbocycles. The molecular formula is C24H27N3O7. The molecule has 0 aliphatic rings. The Kier molecular flexibility index (Phi) is 8.10. The maximum atomic E-state index is 12.9. The Balaban J connectivity index is 1.91. The number of amides is 1. The van der Waals surface area contributed by atoms with Crippen LogP contribution in [0, 0.1) is 0 Å². The summed E-state index contributed by atoms with van der Waals surface area (Å²) >= 11 is 0. The van der Waals surface area contributed by atoms with Crippen LogP contribution in [0.25, 0.3) is 0 Å². The van der Waals surface area contributed by atoms with E-state index < -0.39 is 5.97 Å². The molecule has 180 valence electrons. The molecule has 10 nitrogen and oxygen atoms in total. The second kappa shape index (κ2) is 11.2. The summed E-state index contributed by atoms with van der Waals surface area (Å²) in [5.74, 6) is 0.956. The van der Waals surface area contributed by atoms with Crippen LogP contribution in [-0.4, -0.2) is 55.7 Å². The van der Waals surface area contributed by atoms with Crippen LogP contribution in [0.15, 0.2) is 48.7 Å². The normalized spacial score (nSPS) is 11.4. The quantitative estimate of drug-likeness (QED) is 0.448. The smallest absolute Gasteiger partial charge is 0.341 e. The number of methoxy groups -OCH3 is 3. The van der Waals surface area contributed by atoms with Gasteiger partial charge in [-0.3, -0.25) is 9.48 Å². The van der Waals surface area contributed by atoms with Crippen LogP contribution in [0.2, 0.25) is 0 Å². The van der Waals surface area contributed by atoms with E-state index in [1.54, 1.807) is 61.4 Å². The van der Waals surface area contributed by atoms with Gasteiger partial charge < -0.3 is 29.0 Å². The molecule has 0 fully saturated rings. The van der Waals surface area contributed by atoms with Crippen molar-refractivity contribution in [1.82, 2.24) is 9.78 Å². The molecule has 3 aromatic rings. The highest BCUT2D eigenvalue weighted by Gasteiger charge is 2.16. The first kappa shape index (κ1) is 24.6. The molecule has 34 heavy (non-hydrogen) atoms. The fourth-order valence-corrected chi connectivity index (χ4v) is 3.15. The van der Waals surface area contributed by atoms with Crippen LogP contribution in [0.3, 0.4) is 0 Å². The number of aromatic nitrogens is 2. The molecule has 1 heterocycles. The highest BCUT2D eigenvalue weighted by Crippen LogP contribution is 2.32. The third-order valence-corrected chi connectivity index (χ3v) is 4.65. The zero-order valence-electron chi connectivity index (χ0n) is 19.7. The predicted molar refractivity (Wildman–Crippen MR) is 124 cm³/mol. The number of nitrogens with one attached hydrogen (secondary N) is 1. The van der Waals surface area contributed by atoms with Gasteiger partial charge in [0.15, 0.2) is 5.82 Å². The molecule has 1 aromatic heterocycles. The average Bonchev–Trinajstić information content (AvgIpc) is 3.22. The Morgan fingerprint density at radius 1 is 1.03 bits per heavy atom. The van der Waals surface area contributed by atoms with E-state index in [1.165, 1.54) is 20.3 Å². The third kappa shape index (κ3) is 6.26. The highest BCUT2D eigenvalue weighted by molar-refractivity contribution is 6.04. The minimum absolute atomic E-state index is 0.258. The first-order chi connectivity index (χ1) is 16.3.